The fourth-order valence-electron chi connectivity index (χ4n) is 2.54. The van der Waals surface area contributed by atoms with Crippen LogP contribution in [-0.4, -0.2) is 12.5 Å². The van der Waals surface area contributed by atoms with E-state index in [1.165, 1.54) is 6.07 Å². The van der Waals surface area contributed by atoms with Crippen LogP contribution in [0.2, 0.25) is 0 Å². The topological polar surface area (TPSA) is 62.1 Å². The van der Waals surface area contributed by atoms with Gasteiger partial charge in [-0.3, -0.25) is 4.79 Å². The molecule has 0 aliphatic rings. The molecule has 0 saturated heterocycles. The summed E-state index contributed by atoms with van der Waals surface area (Å²) < 4.78 is 19.3. The second-order valence-electron chi connectivity index (χ2n) is 5.92. The van der Waals surface area contributed by atoms with E-state index in [0.717, 1.165) is 5.56 Å². The molecule has 0 radical (unpaired) electrons. The summed E-state index contributed by atoms with van der Waals surface area (Å²) in [5.74, 6) is -0.189. The van der Waals surface area contributed by atoms with Gasteiger partial charge in [-0.15, -0.1) is 0 Å². The summed E-state index contributed by atoms with van der Waals surface area (Å²) in [6.07, 6.45) is 1.60. The first kappa shape index (κ1) is 18.9. The van der Waals surface area contributed by atoms with Crippen LogP contribution < -0.4 is 10.1 Å². The number of halogens is 1. The van der Waals surface area contributed by atoms with Gasteiger partial charge in [0.2, 0.25) is 0 Å². The zero-order valence-corrected chi connectivity index (χ0v) is 14.9. The van der Waals surface area contributed by atoms with Gasteiger partial charge in [-0.25, -0.2) is 4.39 Å². The molecule has 0 aromatic heterocycles. The van der Waals surface area contributed by atoms with Crippen LogP contribution in [0.3, 0.4) is 0 Å². The van der Waals surface area contributed by atoms with E-state index >= 15 is 0 Å². The molecule has 0 aliphatic heterocycles. The second kappa shape index (κ2) is 9.15. The molecule has 5 heteroatoms. The highest BCUT2D eigenvalue weighted by atomic mass is 19.1. The Balaban J connectivity index is 1.62. The average molecular weight is 372 g/mol. The molecule has 0 bridgehead atoms. The number of anilines is 1. The van der Waals surface area contributed by atoms with Gasteiger partial charge in [-0.1, -0.05) is 48.5 Å². The molecular formula is C23H17FN2O2. The highest BCUT2D eigenvalue weighted by Crippen LogP contribution is 2.21. The summed E-state index contributed by atoms with van der Waals surface area (Å²) in [6, 6.07) is 24.1. The third-order valence-electron chi connectivity index (χ3n) is 3.90. The molecule has 1 N–H and O–H groups in total. The molecular weight excluding hydrogens is 355 g/mol. The number of allylic oxidation sites excluding steroid dienone is 1. The summed E-state index contributed by atoms with van der Waals surface area (Å²) in [5.41, 5.74) is 1.91. The predicted octanol–water partition coefficient (Wildman–Crippen LogP) is 4.91. The Morgan fingerprint density at radius 1 is 1.00 bits per heavy atom. The van der Waals surface area contributed by atoms with Gasteiger partial charge in [0.15, 0.2) is 6.61 Å². The monoisotopic (exact) mass is 372 g/mol. The summed E-state index contributed by atoms with van der Waals surface area (Å²) >= 11 is 0. The van der Waals surface area contributed by atoms with Gasteiger partial charge in [-0.05, 0) is 42.0 Å². The molecule has 0 saturated carbocycles. The van der Waals surface area contributed by atoms with Crippen molar-refractivity contribution >= 4 is 23.2 Å². The lowest BCUT2D eigenvalue weighted by atomic mass is 10.0. The van der Waals surface area contributed by atoms with Crippen LogP contribution in [0.1, 0.15) is 11.1 Å². The van der Waals surface area contributed by atoms with Gasteiger partial charge in [0.25, 0.3) is 5.91 Å². The van der Waals surface area contributed by atoms with Crippen LogP contribution in [0.15, 0.2) is 78.9 Å². The first-order chi connectivity index (χ1) is 13.7. The fraction of sp³-hybridized carbons (Fsp3) is 0.0435. The third-order valence-corrected chi connectivity index (χ3v) is 3.90. The van der Waals surface area contributed by atoms with Crippen molar-refractivity contribution in [3.63, 3.8) is 0 Å². The van der Waals surface area contributed by atoms with Crippen LogP contribution >= 0.6 is 0 Å². The molecule has 0 heterocycles. The minimum absolute atomic E-state index is 0.122. The van der Waals surface area contributed by atoms with Crippen LogP contribution in [0.4, 0.5) is 10.1 Å². The highest BCUT2D eigenvalue weighted by molar-refractivity contribution is 5.92. The number of carbonyl (C=O) groups excluding carboxylic acids is 1. The number of rotatable bonds is 6. The maximum atomic E-state index is 13.9. The maximum absolute atomic E-state index is 13.9. The summed E-state index contributed by atoms with van der Waals surface area (Å²) in [6.45, 7) is -0.122. The highest BCUT2D eigenvalue weighted by Gasteiger charge is 2.07. The van der Waals surface area contributed by atoms with E-state index in [1.807, 2.05) is 24.3 Å². The number of amides is 1. The Bertz CT molecular complexity index is 1020. The number of para-hydroxylation sites is 1. The largest absolute Gasteiger partial charge is 0.484 e. The number of hydrogen-bond donors (Lipinski definition) is 1. The third kappa shape index (κ3) is 5.05. The van der Waals surface area contributed by atoms with E-state index in [0.29, 0.717) is 11.4 Å². The molecule has 3 rings (SSSR count). The van der Waals surface area contributed by atoms with Crippen LogP contribution in [0, 0.1) is 17.1 Å². The van der Waals surface area contributed by atoms with E-state index in [9.17, 15) is 14.4 Å². The van der Waals surface area contributed by atoms with E-state index in [2.05, 4.69) is 5.32 Å². The van der Waals surface area contributed by atoms with E-state index in [1.54, 1.807) is 60.7 Å². The Morgan fingerprint density at radius 2 is 1.68 bits per heavy atom. The molecule has 4 nitrogen and oxygen atoms in total. The molecule has 0 unspecified atom stereocenters. The van der Waals surface area contributed by atoms with E-state index in [-0.39, 0.29) is 23.7 Å². The Labute approximate surface area is 162 Å². The zero-order valence-electron chi connectivity index (χ0n) is 14.9. The van der Waals surface area contributed by atoms with Crippen LogP contribution in [0.5, 0.6) is 5.75 Å². The van der Waals surface area contributed by atoms with Crippen LogP contribution in [0.25, 0.3) is 11.6 Å². The van der Waals surface area contributed by atoms with Crippen molar-refractivity contribution in [3.8, 4) is 11.8 Å². The Hall–Kier alpha value is -3.91. The van der Waals surface area contributed by atoms with Crippen molar-refractivity contribution in [3.05, 3.63) is 95.8 Å². The number of carbonyl (C=O) groups is 1. The molecule has 0 spiro atoms. The lowest BCUT2D eigenvalue weighted by molar-refractivity contribution is -0.118. The average Bonchev–Trinajstić information content (AvgIpc) is 2.73. The lowest BCUT2D eigenvalue weighted by Crippen LogP contribution is -2.20. The van der Waals surface area contributed by atoms with Crippen molar-refractivity contribution in [1.82, 2.24) is 0 Å². The molecule has 1 amide bonds. The predicted molar refractivity (Wildman–Crippen MR) is 107 cm³/mol. The Kier molecular flexibility index (Phi) is 6.17. The maximum Gasteiger partial charge on any atom is 0.262 e. The fourth-order valence-corrected chi connectivity index (χ4v) is 2.54. The molecule has 0 fully saturated rings. The van der Waals surface area contributed by atoms with Crippen molar-refractivity contribution in [2.24, 2.45) is 0 Å². The number of hydrogen-bond acceptors (Lipinski definition) is 3. The van der Waals surface area contributed by atoms with Crippen molar-refractivity contribution in [1.29, 1.82) is 5.26 Å². The first-order valence-corrected chi connectivity index (χ1v) is 8.60. The molecule has 28 heavy (non-hydrogen) atoms. The second-order valence-corrected chi connectivity index (χ2v) is 5.92. The zero-order chi connectivity index (χ0) is 19.8. The minimum Gasteiger partial charge on any atom is -0.484 e. The number of nitrogens with one attached hydrogen (secondary N) is 1. The molecule has 138 valence electrons. The first-order valence-electron chi connectivity index (χ1n) is 8.60. The summed E-state index contributed by atoms with van der Waals surface area (Å²) in [7, 11) is 0. The molecule has 0 aliphatic carbocycles. The van der Waals surface area contributed by atoms with Gasteiger partial charge in [0.05, 0.1) is 11.6 Å². The SMILES string of the molecule is N#C/C(=C/c1ccc(OCC(=O)Nc2ccccc2)cc1)c1ccccc1F. The van der Waals surface area contributed by atoms with Gasteiger partial charge >= 0.3 is 0 Å². The number of benzene rings is 3. The smallest absolute Gasteiger partial charge is 0.262 e. The van der Waals surface area contributed by atoms with Gasteiger partial charge < -0.3 is 10.1 Å². The normalized spacial score (nSPS) is 10.8. The quantitative estimate of drug-likeness (QED) is 0.494. The summed E-state index contributed by atoms with van der Waals surface area (Å²) in [5, 5.41) is 12.1. The van der Waals surface area contributed by atoms with E-state index in [4.69, 9.17) is 4.74 Å². The van der Waals surface area contributed by atoms with Gasteiger partial charge in [-0.2, -0.15) is 5.26 Å². The Morgan fingerprint density at radius 3 is 2.36 bits per heavy atom. The molecule has 3 aromatic rings. The van der Waals surface area contributed by atoms with Crippen molar-refractivity contribution in [2.45, 2.75) is 0 Å². The standard InChI is InChI=1S/C23H17FN2O2/c24-22-9-5-4-8-21(22)18(15-25)14-17-10-12-20(13-11-17)28-16-23(27)26-19-6-2-1-3-7-19/h1-14H,16H2,(H,26,27)/b18-14-. The molecule has 3 aromatic carbocycles. The molecule has 0 atom stereocenters. The number of nitrogens with zero attached hydrogens (tertiary/aromatic N) is 1. The van der Waals surface area contributed by atoms with Crippen molar-refractivity contribution in [2.75, 3.05) is 11.9 Å². The minimum atomic E-state index is -0.445. The van der Waals surface area contributed by atoms with Crippen molar-refractivity contribution < 1.29 is 13.9 Å². The van der Waals surface area contributed by atoms with Crippen LogP contribution in [-0.2, 0) is 4.79 Å². The van der Waals surface area contributed by atoms with Gasteiger partial charge in [0, 0.05) is 11.3 Å². The van der Waals surface area contributed by atoms with E-state index < -0.39 is 5.82 Å². The number of nitriles is 1. The van der Waals surface area contributed by atoms with Gasteiger partial charge in [0.1, 0.15) is 11.6 Å². The summed E-state index contributed by atoms with van der Waals surface area (Å²) in [4.78, 5) is 11.9. The lowest BCUT2D eigenvalue weighted by Gasteiger charge is -2.08. The number of ether oxygens (including phenoxy) is 1.